The maximum Gasteiger partial charge on any atom is 0.0234 e. The maximum atomic E-state index is 6.07. The van der Waals surface area contributed by atoms with Gasteiger partial charge >= 0.3 is 0 Å². The molecular weight excluding hydrogens is 246 g/mol. The van der Waals surface area contributed by atoms with Crippen LogP contribution in [0, 0.1) is 0 Å². The largest absolute Gasteiger partial charge is 0.330 e. The molecule has 1 saturated heterocycles. The Morgan fingerprint density at radius 3 is 2.30 bits per heavy atom. The minimum atomic E-state index is 0.271. The molecule has 110 valence electrons. The van der Waals surface area contributed by atoms with E-state index in [1.165, 1.54) is 36.8 Å². The van der Waals surface area contributed by atoms with Gasteiger partial charge in [0.05, 0.1) is 0 Å². The van der Waals surface area contributed by atoms with Crippen molar-refractivity contribution in [2.24, 2.45) is 5.73 Å². The molecule has 0 atom stereocenters. The molecule has 2 aliphatic rings. The summed E-state index contributed by atoms with van der Waals surface area (Å²) in [4.78, 5) is 2.53. The zero-order chi connectivity index (χ0) is 13.8. The summed E-state index contributed by atoms with van der Waals surface area (Å²) in [6.07, 6.45) is 5.20. The number of nitrogens with one attached hydrogen (secondary N) is 1. The summed E-state index contributed by atoms with van der Waals surface area (Å²) in [6, 6.07) is 9.28. The van der Waals surface area contributed by atoms with Gasteiger partial charge < -0.3 is 11.1 Å². The lowest BCUT2D eigenvalue weighted by molar-refractivity contribution is 0.233. The average molecular weight is 273 g/mol. The van der Waals surface area contributed by atoms with Gasteiger partial charge in [0.25, 0.3) is 0 Å². The van der Waals surface area contributed by atoms with Crippen molar-refractivity contribution in [1.29, 1.82) is 0 Å². The Morgan fingerprint density at radius 2 is 1.70 bits per heavy atom. The molecule has 3 rings (SSSR count). The second-order valence-electron chi connectivity index (χ2n) is 6.41. The van der Waals surface area contributed by atoms with Crippen molar-refractivity contribution in [3.8, 4) is 0 Å². The Balaban J connectivity index is 1.67. The lowest BCUT2D eigenvalue weighted by Gasteiger charge is -2.29. The zero-order valence-electron chi connectivity index (χ0n) is 12.4. The van der Waals surface area contributed by atoms with Gasteiger partial charge in [-0.15, -0.1) is 0 Å². The van der Waals surface area contributed by atoms with E-state index < -0.39 is 0 Å². The first-order valence-corrected chi connectivity index (χ1v) is 8.05. The fourth-order valence-electron chi connectivity index (χ4n) is 3.75. The number of rotatable bonds is 4. The van der Waals surface area contributed by atoms with Crippen molar-refractivity contribution in [2.75, 3.05) is 32.7 Å². The van der Waals surface area contributed by atoms with Gasteiger partial charge in [-0.2, -0.15) is 0 Å². The van der Waals surface area contributed by atoms with Crippen LogP contribution in [-0.4, -0.2) is 37.6 Å². The molecule has 0 unspecified atom stereocenters. The van der Waals surface area contributed by atoms with Gasteiger partial charge in [0, 0.05) is 44.7 Å². The maximum absolute atomic E-state index is 6.07. The monoisotopic (exact) mass is 273 g/mol. The van der Waals surface area contributed by atoms with Gasteiger partial charge in [-0.3, -0.25) is 4.90 Å². The first-order valence-electron chi connectivity index (χ1n) is 8.05. The van der Waals surface area contributed by atoms with Crippen LogP contribution in [0.2, 0.25) is 0 Å². The Bertz CT molecular complexity index is 414. The first-order chi connectivity index (χ1) is 9.82. The lowest BCUT2D eigenvalue weighted by Crippen LogP contribution is -2.42. The van der Waals surface area contributed by atoms with E-state index in [1.807, 2.05) is 0 Å². The number of nitrogens with two attached hydrogens (primary N) is 1. The number of hydrogen-bond donors (Lipinski definition) is 2. The van der Waals surface area contributed by atoms with Crippen molar-refractivity contribution < 1.29 is 0 Å². The molecule has 0 aromatic heterocycles. The first kappa shape index (κ1) is 14.1. The van der Waals surface area contributed by atoms with E-state index in [-0.39, 0.29) is 5.41 Å². The van der Waals surface area contributed by atoms with Crippen LogP contribution in [0.1, 0.15) is 36.8 Å². The molecule has 0 bridgehead atoms. The Labute approximate surface area is 122 Å². The highest BCUT2D eigenvalue weighted by molar-refractivity contribution is 5.30. The highest BCUT2D eigenvalue weighted by Crippen LogP contribution is 2.40. The van der Waals surface area contributed by atoms with Crippen LogP contribution < -0.4 is 11.1 Å². The molecule has 0 radical (unpaired) electrons. The van der Waals surface area contributed by atoms with E-state index in [4.69, 9.17) is 5.73 Å². The quantitative estimate of drug-likeness (QED) is 0.880. The third-order valence-corrected chi connectivity index (χ3v) is 5.13. The van der Waals surface area contributed by atoms with Gasteiger partial charge in [-0.1, -0.05) is 37.1 Å². The molecule has 1 aromatic carbocycles. The molecular formula is C17H27N3. The molecule has 1 aromatic rings. The molecule has 3 heteroatoms. The molecule has 1 heterocycles. The standard InChI is InChI=1S/C17H27N3/c18-14-17(7-1-2-8-17)16-5-3-15(4-6-16)13-20-11-9-19-10-12-20/h3-6,19H,1-2,7-14,18H2. The summed E-state index contributed by atoms with van der Waals surface area (Å²) in [5.74, 6) is 0. The van der Waals surface area contributed by atoms with Gasteiger partial charge in [-0.25, -0.2) is 0 Å². The normalized spacial score (nSPS) is 23.1. The molecule has 1 aliphatic heterocycles. The van der Waals surface area contributed by atoms with E-state index in [0.29, 0.717) is 0 Å². The topological polar surface area (TPSA) is 41.3 Å². The van der Waals surface area contributed by atoms with Crippen LogP contribution in [0.15, 0.2) is 24.3 Å². The van der Waals surface area contributed by atoms with E-state index in [9.17, 15) is 0 Å². The Kier molecular flexibility index (Phi) is 4.39. The second-order valence-corrected chi connectivity index (χ2v) is 6.41. The number of benzene rings is 1. The summed E-state index contributed by atoms with van der Waals surface area (Å²) in [5.41, 5.74) is 9.24. The highest BCUT2D eigenvalue weighted by atomic mass is 15.2. The molecule has 0 amide bonds. The fraction of sp³-hybridized carbons (Fsp3) is 0.647. The van der Waals surface area contributed by atoms with E-state index in [2.05, 4.69) is 34.5 Å². The van der Waals surface area contributed by atoms with E-state index in [0.717, 1.165) is 39.3 Å². The van der Waals surface area contributed by atoms with Crippen LogP contribution in [0.4, 0.5) is 0 Å². The van der Waals surface area contributed by atoms with Crippen molar-refractivity contribution in [3.63, 3.8) is 0 Å². The SMILES string of the molecule is NCC1(c2ccc(CN3CCNCC3)cc2)CCCC1. The summed E-state index contributed by atoms with van der Waals surface area (Å²) in [7, 11) is 0. The Hall–Kier alpha value is -0.900. The molecule has 0 spiro atoms. The minimum Gasteiger partial charge on any atom is -0.330 e. The number of piperazine rings is 1. The predicted molar refractivity (Wildman–Crippen MR) is 83.8 cm³/mol. The van der Waals surface area contributed by atoms with E-state index in [1.54, 1.807) is 0 Å². The molecule has 1 aliphatic carbocycles. The van der Waals surface area contributed by atoms with Gasteiger partial charge in [-0.05, 0) is 24.0 Å². The average Bonchev–Trinajstić information content (AvgIpc) is 2.99. The summed E-state index contributed by atoms with van der Waals surface area (Å²) < 4.78 is 0. The Morgan fingerprint density at radius 1 is 1.05 bits per heavy atom. The molecule has 1 saturated carbocycles. The molecule has 3 N–H and O–H groups in total. The summed E-state index contributed by atoms with van der Waals surface area (Å²) in [6.45, 7) is 6.44. The molecule has 2 fully saturated rings. The van der Waals surface area contributed by atoms with Crippen molar-refractivity contribution in [2.45, 2.75) is 37.6 Å². The van der Waals surface area contributed by atoms with Crippen molar-refractivity contribution >= 4 is 0 Å². The fourth-order valence-corrected chi connectivity index (χ4v) is 3.75. The van der Waals surface area contributed by atoms with Crippen molar-refractivity contribution in [3.05, 3.63) is 35.4 Å². The molecule has 20 heavy (non-hydrogen) atoms. The minimum absolute atomic E-state index is 0.271. The predicted octanol–water partition coefficient (Wildman–Crippen LogP) is 1.86. The lowest BCUT2D eigenvalue weighted by atomic mass is 9.79. The van der Waals surface area contributed by atoms with Gasteiger partial charge in [0.15, 0.2) is 0 Å². The summed E-state index contributed by atoms with van der Waals surface area (Å²) in [5, 5.41) is 3.40. The number of nitrogens with zero attached hydrogens (tertiary/aromatic N) is 1. The molecule has 3 nitrogen and oxygen atoms in total. The third-order valence-electron chi connectivity index (χ3n) is 5.13. The zero-order valence-corrected chi connectivity index (χ0v) is 12.4. The third kappa shape index (κ3) is 2.90. The second kappa shape index (κ2) is 6.25. The van der Waals surface area contributed by atoms with Gasteiger partial charge in [0.2, 0.25) is 0 Å². The highest BCUT2D eigenvalue weighted by Gasteiger charge is 2.33. The smallest absolute Gasteiger partial charge is 0.0234 e. The van der Waals surface area contributed by atoms with Crippen LogP contribution in [0.25, 0.3) is 0 Å². The van der Waals surface area contributed by atoms with Gasteiger partial charge in [0.1, 0.15) is 0 Å². The van der Waals surface area contributed by atoms with Crippen LogP contribution in [0.3, 0.4) is 0 Å². The number of hydrogen-bond acceptors (Lipinski definition) is 3. The van der Waals surface area contributed by atoms with Crippen LogP contribution >= 0.6 is 0 Å². The summed E-state index contributed by atoms with van der Waals surface area (Å²) >= 11 is 0. The van der Waals surface area contributed by atoms with E-state index >= 15 is 0 Å². The van der Waals surface area contributed by atoms with Crippen molar-refractivity contribution in [1.82, 2.24) is 10.2 Å². The van der Waals surface area contributed by atoms with Crippen LogP contribution in [-0.2, 0) is 12.0 Å². The van der Waals surface area contributed by atoms with Crippen LogP contribution in [0.5, 0.6) is 0 Å².